The standard InChI is InChI=1S/C21H26BrNO4S/c1-6-14-9-16(21(25)26-7-2)20(28-14)23-19(24)11-27-18-8-13(5)17(22)10-15(18)12(3)4/h8-10,12H,6-7,11H2,1-5H3,(H,23,24). The van der Waals surface area contributed by atoms with Crippen LogP contribution in [0.4, 0.5) is 5.00 Å². The first kappa shape index (κ1) is 22.4. The van der Waals surface area contributed by atoms with Gasteiger partial charge in [-0.1, -0.05) is 36.7 Å². The number of carbonyl (C=O) groups excluding carboxylic acids is 2. The fraction of sp³-hybridized carbons (Fsp3) is 0.429. The van der Waals surface area contributed by atoms with E-state index in [1.807, 2.05) is 26.0 Å². The summed E-state index contributed by atoms with van der Waals surface area (Å²) in [6.07, 6.45) is 0.777. The zero-order valence-corrected chi connectivity index (χ0v) is 19.3. The van der Waals surface area contributed by atoms with Gasteiger partial charge in [0.25, 0.3) is 5.91 Å². The number of aryl methyl sites for hydroxylation is 2. The molecule has 0 fully saturated rings. The highest BCUT2D eigenvalue weighted by Gasteiger charge is 2.19. The first-order valence-corrected chi connectivity index (χ1v) is 10.9. The van der Waals surface area contributed by atoms with Gasteiger partial charge in [-0.3, -0.25) is 4.79 Å². The molecule has 0 saturated carbocycles. The van der Waals surface area contributed by atoms with E-state index in [1.54, 1.807) is 13.0 Å². The summed E-state index contributed by atoms with van der Waals surface area (Å²) in [4.78, 5) is 25.6. The molecule has 5 nitrogen and oxygen atoms in total. The van der Waals surface area contributed by atoms with Crippen molar-refractivity contribution in [2.24, 2.45) is 0 Å². The van der Waals surface area contributed by atoms with Gasteiger partial charge in [0.2, 0.25) is 0 Å². The highest BCUT2D eigenvalue weighted by atomic mass is 79.9. The first-order chi connectivity index (χ1) is 13.3. The van der Waals surface area contributed by atoms with E-state index in [4.69, 9.17) is 9.47 Å². The molecule has 1 amide bonds. The number of amides is 1. The second kappa shape index (κ2) is 10.1. The number of anilines is 1. The number of nitrogens with one attached hydrogen (secondary N) is 1. The molecule has 0 aliphatic rings. The zero-order chi connectivity index (χ0) is 20.8. The quantitative estimate of drug-likeness (QED) is 0.505. The molecule has 152 valence electrons. The van der Waals surface area contributed by atoms with E-state index in [-0.39, 0.29) is 25.0 Å². The number of hydrogen-bond acceptors (Lipinski definition) is 5. The number of halogens is 1. The molecular formula is C21H26BrNO4S. The average molecular weight is 468 g/mol. The molecule has 1 heterocycles. The zero-order valence-electron chi connectivity index (χ0n) is 16.8. The molecule has 0 bridgehead atoms. The molecule has 1 aromatic carbocycles. The summed E-state index contributed by atoms with van der Waals surface area (Å²) in [6.45, 7) is 10.0. The Bertz CT molecular complexity index is 860. The van der Waals surface area contributed by atoms with E-state index in [9.17, 15) is 9.59 Å². The van der Waals surface area contributed by atoms with Gasteiger partial charge in [-0.2, -0.15) is 0 Å². The molecule has 0 atom stereocenters. The minimum Gasteiger partial charge on any atom is -0.483 e. The molecule has 7 heteroatoms. The van der Waals surface area contributed by atoms with Crippen molar-refractivity contribution in [2.75, 3.05) is 18.5 Å². The van der Waals surface area contributed by atoms with Gasteiger partial charge in [0.05, 0.1) is 12.2 Å². The first-order valence-electron chi connectivity index (χ1n) is 9.29. The van der Waals surface area contributed by atoms with Gasteiger partial charge >= 0.3 is 5.97 Å². The van der Waals surface area contributed by atoms with Crippen LogP contribution in [0.5, 0.6) is 5.75 Å². The average Bonchev–Trinajstić information content (AvgIpc) is 3.05. The van der Waals surface area contributed by atoms with E-state index in [1.165, 1.54) is 11.3 Å². The van der Waals surface area contributed by atoms with Crippen molar-refractivity contribution in [3.8, 4) is 5.75 Å². The van der Waals surface area contributed by atoms with Crippen LogP contribution in [-0.4, -0.2) is 25.1 Å². The molecular weight excluding hydrogens is 442 g/mol. The fourth-order valence-electron chi connectivity index (χ4n) is 2.62. The minimum atomic E-state index is -0.430. The number of thiophene rings is 1. The van der Waals surface area contributed by atoms with Crippen LogP contribution in [-0.2, 0) is 16.0 Å². The van der Waals surface area contributed by atoms with Crippen LogP contribution in [0.2, 0.25) is 0 Å². The number of carbonyl (C=O) groups is 2. The smallest absolute Gasteiger partial charge is 0.341 e. The molecule has 28 heavy (non-hydrogen) atoms. The lowest BCUT2D eigenvalue weighted by molar-refractivity contribution is -0.118. The molecule has 0 radical (unpaired) electrons. The van der Waals surface area contributed by atoms with Crippen molar-refractivity contribution in [1.29, 1.82) is 0 Å². The third-order valence-electron chi connectivity index (χ3n) is 4.15. The van der Waals surface area contributed by atoms with Crippen molar-refractivity contribution >= 4 is 44.1 Å². The largest absolute Gasteiger partial charge is 0.483 e. The van der Waals surface area contributed by atoms with Gasteiger partial charge < -0.3 is 14.8 Å². The summed E-state index contributed by atoms with van der Waals surface area (Å²) in [7, 11) is 0. The Morgan fingerprint density at radius 3 is 2.54 bits per heavy atom. The Labute approximate surface area is 178 Å². The molecule has 0 aliphatic heterocycles. The number of hydrogen-bond donors (Lipinski definition) is 1. The van der Waals surface area contributed by atoms with Crippen LogP contribution in [0.1, 0.15) is 60.0 Å². The SMILES string of the molecule is CCOC(=O)c1cc(CC)sc1NC(=O)COc1cc(C)c(Br)cc1C(C)C. The molecule has 0 aliphatic carbocycles. The van der Waals surface area contributed by atoms with Crippen LogP contribution in [0.3, 0.4) is 0 Å². The highest BCUT2D eigenvalue weighted by Crippen LogP contribution is 2.33. The van der Waals surface area contributed by atoms with Crippen LogP contribution in [0, 0.1) is 6.92 Å². The summed E-state index contributed by atoms with van der Waals surface area (Å²) in [5, 5.41) is 3.29. The maximum Gasteiger partial charge on any atom is 0.341 e. The Balaban J connectivity index is 2.13. The van der Waals surface area contributed by atoms with Gasteiger partial charge in [0, 0.05) is 9.35 Å². The maximum atomic E-state index is 12.5. The van der Waals surface area contributed by atoms with Crippen LogP contribution < -0.4 is 10.1 Å². The predicted molar refractivity (Wildman–Crippen MR) is 117 cm³/mol. The lowest BCUT2D eigenvalue weighted by atomic mass is 10.0. The van der Waals surface area contributed by atoms with Crippen molar-refractivity contribution < 1.29 is 19.1 Å². The van der Waals surface area contributed by atoms with E-state index >= 15 is 0 Å². The van der Waals surface area contributed by atoms with Gasteiger partial charge in [0.1, 0.15) is 10.8 Å². The molecule has 0 spiro atoms. The third kappa shape index (κ3) is 5.58. The molecule has 2 rings (SSSR count). The van der Waals surface area contributed by atoms with E-state index in [2.05, 4.69) is 35.1 Å². The molecule has 1 aromatic heterocycles. The van der Waals surface area contributed by atoms with Gasteiger partial charge in [0.15, 0.2) is 6.61 Å². The fourth-order valence-corrected chi connectivity index (χ4v) is 3.98. The molecule has 1 N–H and O–H groups in total. The highest BCUT2D eigenvalue weighted by molar-refractivity contribution is 9.10. The summed E-state index contributed by atoms with van der Waals surface area (Å²) in [5.41, 5.74) is 2.46. The van der Waals surface area contributed by atoms with Crippen LogP contribution >= 0.6 is 27.3 Å². The number of esters is 1. The van der Waals surface area contributed by atoms with E-state index in [0.29, 0.717) is 16.3 Å². The van der Waals surface area contributed by atoms with Crippen molar-refractivity contribution in [3.05, 3.63) is 44.2 Å². The summed E-state index contributed by atoms with van der Waals surface area (Å²) in [5.74, 6) is 0.206. The van der Waals surface area contributed by atoms with Gasteiger partial charge in [-0.15, -0.1) is 11.3 Å². The Morgan fingerprint density at radius 1 is 1.21 bits per heavy atom. The lowest BCUT2D eigenvalue weighted by Gasteiger charge is -2.16. The Hall–Kier alpha value is -1.86. The van der Waals surface area contributed by atoms with Gasteiger partial charge in [-0.05, 0) is 55.5 Å². The van der Waals surface area contributed by atoms with E-state index in [0.717, 1.165) is 26.9 Å². The van der Waals surface area contributed by atoms with E-state index < -0.39 is 5.97 Å². The molecule has 2 aromatic rings. The summed E-state index contributed by atoms with van der Waals surface area (Å²) < 4.78 is 11.9. The van der Waals surface area contributed by atoms with Crippen LogP contribution in [0.25, 0.3) is 0 Å². The third-order valence-corrected chi connectivity index (χ3v) is 6.20. The lowest BCUT2D eigenvalue weighted by Crippen LogP contribution is -2.21. The normalized spacial score (nSPS) is 10.8. The second-order valence-electron chi connectivity index (χ2n) is 6.66. The summed E-state index contributed by atoms with van der Waals surface area (Å²) >= 11 is 4.92. The minimum absolute atomic E-state index is 0.136. The monoisotopic (exact) mass is 467 g/mol. The molecule has 0 saturated heterocycles. The summed E-state index contributed by atoms with van der Waals surface area (Å²) in [6, 6.07) is 5.73. The topological polar surface area (TPSA) is 64.6 Å². The molecule has 0 unspecified atom stereocenters. The van der Waals surface area contributed by atoms with Crippen LogP contribution in [0.15, 0.2) is 22.7 Å². The maximum absolute atomic E-state index is 12.5. The number of benzene rings is 1. The Kier molecular flexibility index (Phi) is 8.07. The Morgan fingerprint density at radius 2 is 1.93 bits per heavy atom. The second-order valence-corrected chi connectivity index (χ2v) is 8.65. The van der Waals surface area contributed by atoms with Crippen molar-refractivity contribution in [1.82, 2.24) is 0 Å². The number of rotatable bonds is 8. The van der Waals surface area contributed by atoms with Gasteiger partial charge in [-0.25, -0.2) is 4.79 Å². The number of ether oxygens (including phenoxy) is 2. The predicted octanol–water partition coefficient (Wildman–Crippen LogP) is 5.70. The van der Waals surface area contributed by atoms with Crippen molar-refractivity contribution in [3.63, 3.8) is 0 Å². The van der Waals surface area contributed by atoms with Crippen molar-refractivity contribution in [2.45, 2.75) is 47.0 Å².